The number of aliphatic carboxylic acids is 1. The molecule has 1 unspecified atom stereocenters. The van der Waals surface area contributed by atoms with Crippen molar-refractivity contribution < 1.29 is 14.6 Å². The number of hydrogen-bond acceptors (Lipinski definition) is 6. The van der Waals surface area contributed by atoms with Crippen molar-refractivity contribution in [2.24, 2.45) is 10.9 Å². The molecule has 3 heterocycles. The molecule has 0 aliphatic carbocycles. The van der Waals surface area contributed by atoms with Crippen LogP contribution in [0.1, 0.15) is 5.69 Å². The number of nitrogens with zero attached hydrogens (tertiary/aromatic N) is 4. The Balaban J connectivity index is 1.82. The van der Waals surface area contributed by atoms with Crippen LogP contribution < -0.4 is 4.74 Å². The zero-order chi connectivity index (χ0) is 18.8. The first-order chi connectivity index (χ1) is 13.2. The van der Waals surface area contributed by atoms with E-state index in [2.05, 4.69) is 19.9 Å². The minimum atomic E-state index is -0.896. The first kappa shape index (κ1) is 16.8. The van der Waals surface area contributed by atoms with Crippen molar-refractivity contribution >= 4 is 28.7 Å². The zero-order valence-electron chi connectivity index (χ0n) is 14.5. The van der Waals surface area contributed by atoms with Gasteiger partial charge in [-0.1, -0.05) is 12.1 Å². The number of carbonyl (C=O) groups is 1. The fraction of sp³-hybridized carbons (Fsp3) is 0.150. The molecule has 1 aliphatic heterocycles. The number of fused-ring (bicyclic) bond motifs is 1. The van der Waals surface area contributed by atoms with Crippen LogP contribution in [0, 0.1) is 5.92 Å². The van der Waals surface area contributed by atoms with Gasteiger partial charge >= 0.3 is 5.97 Å². The van der Waals surface area contributed by atoms with Gasteiger partial charge in [-0.25, -0.2) is 15.0 Å². The molecule has 1 aromatic carbocycles. The van der Waals surface area contributed by atoms with Crippen LogP contribution in [0.4, 0.5) is 0 Å². The molecule has 0 saturated heterocycles. The number of rotatable bonds is 4. The number of ether oxygens (including phenoxy) is 1. The maximum absolute atomic E-state index is 11.3. The maximum Gasteiger partial charge on any atom is 0.312 e. The van der Waals surface area contributed by atoms with E-state index in [0.717, 1.165) is 22.0 Å². The first-order valence-corrected chi connectivity index (χ1v) is 8.35. The van der Waals surface area contributed by atoms with Crippen LogP contribution in [0.15, 0.2) is 53.9 Å². The largest absolute Gasteiger partial charge is 0.481 e. The van der Waals surface area contributed by atoms with Crippen molar-refractivity contribution in [3.05, 3.63) is 54.6 Å². The van der Waals surface area contributed by atoms with Crippen molar-refractivity contribution in [2.75, 3.05) is 13.7 Å². The number of dihydropyridines is 1. The molecule has 0 spiro atoms. The number of aliphatic imine (C=N–C) groups is 1. The van der Waals surface area contributed by atoms with E-state index >= 15 is 0 Å². The Labute approximate surface area is 155 Å². The second-order valence-electron chi connectivity index (χ2n) is 6.10. The molecule has 0 radical (unpaired) electrons. The molecule has 7 nitrogen and oxygen atoms in total. The van der Waals surface area contributed by atoms with Crippen molar-refractivity contribution in [1.29, 1.82) is 0 Å². The van der Waals surface area contributed by atoms with E-state index in [1.165, 1.54) is 6.33 Å². The van der Waals surface area contributed by atoms with E-state index in [9.17, 15) is 9.90 Å². The third-order valence-electron chi connectivity index (χ3n) is 4.42. The van der Waals surface area contributed by atoms with Gasteiger partial charge in [-0.3, -0.25) is 9.79 Å². The summed E-state index contributed by atoms with van der Waals surface area (Å²) in [6, 6.07) is 9.59. The molecule has 3 aromatic rings. The molecule has 1 aliphatic rings. The topological polar surface area (TPSA) is 97.6 Å². The van der Waals surface area contributed by atoms with Crippen LogP contribution in [0.2, 0.25) is 0 Å². The molecule has 2 aromatic heterocycles. The lowest BCUT2D eigenvalue weighted by molar-refractivity contribution is -0.139. The van der Waals surface area contributed by atoms with E-state index in [1.54, 1.807) is 31.7 Å². The lowest BCUT2D eigenvalue weighted by atomic mass is 9.97. The van der Waals surface area contributed by atoms with Gasteiger partial charge in [0.05, 0.1) is 30.8 Å². The van der Waals surface area contributed by atoms with Crippen LogP contribution in [0.25, 0.3) is 27.6 Å². The minimum Gasteiger partial charge on any atom is -0.481 e. The van der Waals surface area contributed by atoms with Crippen LogP contribution in [-0.4, -0.2) is 45.9 Å². The van der Waals surface area contributed by atoms with E-state index in [0.29, 0.717) is 17.1 Å². The fourth-order valence-corrected chi connectivity index (χ4v) is 3.00. The maximum atomic E-state index is 11.3. The summed E-state index contributed by atoms with van der Waals surface area (Å²) >= 11 is 0. The van der Waals surface area contributed by atoms with Crippen molar-refractivity contribution in [3.8, 4) is 17.0 Å². The Morgan fingerprint density at radius 2 is 2.00 bits per heavy atom. The van der Waals surface area contributed by atoms with Gasteiger partial charge in [-0.15, -0.1) is 0 Å². The molecule has 1 atom stereocenters. The van der Waals surface area contributed by atoms with Crippen LogP contribution in [0.3, 0.4) is 0 Å². The smallest absolute Gasteiger partial charge is 0.312 e. The van der Waals surface area contributed by atoms with Crippen LogP contribution >= 0.6 is 0 Å². The SMILES string of the molecule is COc1ccc(-c2ccc3ncnc(C4=CC(C(=O)O)CN=C4)c3c2)cn1. The van der Waals surface area contributed by atoms with Crippen LogP contribution in [-0.2, 0) is 4.79 Å². The van der Waals surface area contributed by atoms with Gasteiger partial charge in [-0.2, -0.15) is 0 Å². The van der Waals surface area contributed by atoms with E-state index < -0.39 is 11.9 Å². The lowest BCUT2D eigenvalue weighted by Crippen LogP contribution is -2.18. The molecule has 0 fully saturated rings. The van der Waals surface area contributed by atoms with Gasteiger partial charge < -0.3 is 9.84 Å². The highest BCUT2D eigenvalue weighted by Crippen LogP contribution is 2.29. The highest BCUT2D eigenvalue weighted by atomic mass is 16.5. The number of allylic oxidation sites excluding steroid dienone is 1. The molecule has 27 heavy (non-hydrogen) atoms. The third kappa shape index (κ3) is 3.27. The Hall–Kier alpha value is -3.61. The molecule has 4 rings (SSSR count). The number of carboxylic acid groups (broad SMARTS) is 1. The number of methoxy groups -OCH3 is 1. The average Bonchev–Trinajstić information content (AvgIpc) is 2.73. The summed E-state index contributed by atoms with van der Waals surface area (Å²) in [6.07, 6.45) is 6.58. The third-order valence-corrected chi connectivity index (χ3v) is 4.42. The minimum absolute atomic E-state index is 0.241. The molecular weight excluding hydrogens is 344 g/mol. The Morgan fingerprint density at radius 3 is 2.74 bits per heavy atom. The second kappa shape index (κ2) is 6.95. The predicted octanol–water partition coefficient (Wildman–Crippen LogP) is 2.87. The summed E-state index contributed by atoms with van der Waals surface area (Å²) in [7, 11) is 1.57. The van der Waals surface area contributed by atoms with Crippen molar-refractivity contribution in [1.82, 2.24) is 15.0 Å². The normalized spacial score (nSPS) is 16.2. The van der Waals surface area contributed by atoms with E-state index in [-0.39, 0.29) is 6.54 Å². The Morgan fingerprint density at radius 1 is 1.15 bits per heavy atom. The standard InChI is InChI=1S/C20H16N4O3/c1-27-18-5-3-13(10-22-18)12-2-4-17-16(7-12)19(24-11-23-17)14-6-15(20(25)26)9-21-8-14/h2-8,10-11,15H,9H2,1H3,(H,25,26). The summed E-state index contributed by atoms with van der Waals surface area (Å²) in [5, 5.41) is 10.1. The zero-order valence-corrected chi connectivity index (χ0v) is 14.5. The number of benzene rings is 1. The number of pyridine rings is 1. The van der Waals surface area contributed by atoms with E-state index in [4.69, 9.17) is 4.74 Å². The number of hydrogen-bond donors (Lipinski definition) is 1. The molecule has 134 valence electrons. The van der Waals surface area contributed by atoms with E-state index in [1.807, 2.05) is 24.3 Å². The quantitative estimate of drug-likeness (QED) is 0.768. The molecule has 0 bridgehead atoms. The average molecular weight is 360 g/mol. The number of carboxylic acids is 1. The van der Waals surface area contributed by atoms with Gasteiger partial charge in [0.1, 0.15) is 6.33 Å². The summed E-state index contributed by atoms with van der Waals surface area (Å²) in [6.45, 7) is 0.241. The highest BCUT2D eigenvalue weighted by molar-refractivity contribution is 6.15. The van der Waals surface area contributed by atoms with Gasteiger partial charge in [0.25, 0.3) is 0 Å². The first-order valence-electron chi connectivity index (χ1n) is 8.35. The van der Waals surface area contributed by atoms with Gasteiger partial charge in [-0.05, 0) is 23.8 Å². The van der Waals surface area contributed by atoms with Crippen molar-refractivity contribution in [2.45, 2.75) is 0 Å². The van der Waals surface area contributed by atoms with Gasteiger partial charge in [0, 0.05) is 35.0 Å². The Bertz CT molecular complexity index is 1070. The highest BCUT2D eigenvalue weighted by Gasteiger charge is 2.20. The predicted molar refractivity (Wildman–Crippen MR) is 102 cm³/mol. The molecular formula is C20H16N4O3. The summed E-state index contributed by atoms with van der Waals surface area (Å²) in [5.74, 6) is -0.997. The van der Waals surface area contributed by atoms with Gasteiger partial charge in [0.2, 0.25) is 5.88 Å². The molecule has 1 N–H and O–H groups in total. The second-order valence-corrected chi connectivity index (χ2v) is 6.10. The molecule has 0 saturated carbocycles. The van der Waals surface area contributed by atoms with Crippen molar-refractivity contribution in [3.63, 3.8) is 0 Å². The van der Waals surface area contributed by atoms with Crippen LogP contribution in [0.5, 0.6) is 5.88 Å². The summed E-state index contributed by atoms with van der Waals surface area (Å²) in [4.78, 5) is 28.5. The number of aromatic nitrogens is 3. The lowest BCUT2D eigenvalue weighted by Gasteiger charge is -2.14. The molecule has 0 amide bonds. The fourth-order valence-electron chi connectivity index (χ4n) is 3.00. The molecule has 7 heteroatoms. The summed E-state index contributed by atoms with van der Waals surface area (Å²) in [5.41, 5.74) is 4.01. The Kier molecular flexibility index (Phi) is 4.33. The summed E-state index contributed by atoms with van der Waals surface area (Å²) < 4.78 is 5.10. The van der Waals surface area contributed by atoms with Gasteiger partial charge in [0.15, 0.2) is 0 Å². The monoisotopic (exact) mass is 360 g/mol.